The van der Waals surface area contributed by atoms with E-state index in [1.54, 1.807) is 0 Å². The minimum absolute atomic E-state index is 0.00560. The first kappa shape index (κ1) is 17.0. The van der Waals surface area contributed by atoms with E-state index >= 15 is 0 Å². The Labute approximate surface area is 135 Å². The first-order valence-corrected chi connectivity index (χ1v) is 7.89. The summed E-state index contributed by atoms with van der Waals surface area (Å²) < 4.78 is 15.9. The van der Waals surface area contributed by atoms with Gasteiger partial charge >= 0.3 is 5.97 Å². The van der Waals surface area contributed by atoms with Gasteiger partial charge in [0, 0.05) is 0 Å². The molecule has 0 unspecified atom stereocenters. The Morgan fingerprint density at radius 2 is 2.23 bits per heavy atom. The summed E-state index contributed by atoms with van der Waals surface area (Å²) in [6.07, 6.45) is 7.48. The molecule has 1 aromatic rings. The smallest absolute Gasteiger partial charge is 0.332 e. The van der Waals surface area contributed by atoms with E-state index in [-0.39, 0.29) is 37.0 Å². The number of esters is 1. The fraction of sp³-hybridized carbons (Fsp3) is 0.667. The van der Waals surface area contributed by atoms with Crippen LogP contribution in [0.1, 0.15) is 32.6 Å². The third-order valence-electron chi connectivity index (χ3n) is 3.50. The number of nitrogens with zero attached hydrogens (tertiary/aromatic N) is 2. The molecule has 1 saturated carbocycles. The van der Waals surface area contributed by atoms with E-state index in [2.05, 4.69) is 16.9 Å². The molecular formula is C15H21ClN2O4. The van der Waals surface area contributed by atoms with Crippen LogP contribution in [0.2, 0.25) is 5.15 Å². The second-order valence-corrected chi connectivity index (χ2v) is 5.84. The lowest BCUT2D eigenvalue weighted by Crippen LogP contribution is -2.25. The molecule has 0 bridgehead atoms. The van der Waals surface area contributed by atoms with Gasteiger partial charge in [0.1, 0.15) is 19.8 Å². The van der Waals surface area contributed by atoms with E-state index in [0.29, 0.717) is 11.8 Å². The monoisotopic (exact) mass is 328 g/mol. The second kappa shape index (κ2) is 8.90. The Hall–Kier alpha value is -1.40. The number of hydrogen-bond acceptors (Lipinski definition) is 6. The van der Waals surface area contributed by atoms with Gasteiger partial charge in [-0.3, -0.25) is 4.98 Å². The zero-order chi connectivity index (χ0) is 15.8. The van der Waals surface area contributed by atoms with Gasteiger partial charge in [-0.2, -0.15) is 4.98 Å². The first-order valence-electron chi connectivity index (χ1n) is 7.51. The van der Waals surface area contributed by atoms with Crippen molar-refractivity contribution in [3.05, 3.63) is 17.5 Å². The van der Waals surface area contributed by atoms with Crippen molar-refractivity contribution in [2.24, 2.45) is 5.92 Å². The molecule has 7 heteroatoms. The molecule has 22 heavy (non-hydrogen) atoms. The predicted octanol–water partition coefficient (Wildman–Crippen LogP) is 2.65. The molecule has 0 N–H and O–H groups in total. The lowest BCUT2D eigenvalue weighted by molar-refractivity contribution is -0.152. The highest BCUT2D eigenvalue weighted by atomic mass is 35.5. The number of aromatic nitrogens is 2. The second-order valence-electron chi connectivity index (χ2n) is 5.45. The number of carbonyl (C=O) groups is 1. The van der Waals surface area contributed by atoms with Crippen molar-refractivity contribution >= 4 is 17.6 Å². The summed E-state index contributed by atoms with van der Waals surface area (Å²) in [4.78, 5) is 19.3. The highest BCUT2D eigenvalue weighted by Crippen LogP contribution is 2.25. The topological polar surface area (TPSA) is 70.5 Å². The standard InChI is InChI=1S/C15H21ClN2O4/c1-11-3-2-4-12(7-11)22-10-15(19)21-6-5-20-14-9-17-8-13(16)18-14/h8-9,11-12H,2-7,10H2,1H3/t11-,12+/m0/s1. The summed E-state index contributed by atoms with van der Waals surface area (Å²) in [6, 6.07) is 0. The molecule has 0 radical (unpaired) electrons. The van der Waals surface area contributed by atoms with E-state index in [1.165, 1.54) is 18.8 Å². The molecule has 0 spiro atoms. The highest BCUT2D eigenvalue weighted by molar-refractivity contribution is 6.29. The van der Waals surface area contributed by atoms with Crippen molar-refractivity contribution in [2.75, 3.05) is 19.8 Å². The van der Waals surface area contributed by atoms with Gasteiger partial charge in [0.05, 0.1) is 18.5 Å². The predicted molar refractivity (Wildman–Crippen MR) is 80.9 cm³/mol. The van der Waals surface area contributed by atoms with E-state index in [0.717, 1.165) is 19.3 Å². The average Bonchev–Trinajstić information content (AvgIpc) is 2.50. The van der Waals surface area contributed by atoms with Crippen LogP contribution in [0, 0.1) is 5.92 Å². The molecule has 0 aliphatic heterocycles. The molecule has 1 aromatic heterocycles. The average molecular weight is 329 g/mol. The SMILES string of the molecule is C[C@H]1CCC[C@@H](OCC(=O)OCCOc2cncc(Cl)n2)C1. The van der Waals surface area contributed by atoms with Gasteiger partial charge in [0.2, 0.25) is 5.88 Å². The van der Waals surface area contributed by atoms with Crippen LogP contribution in [0.4, 0.5) is 0 Å². The number of halogens is 1. The first-order chi connectivity index (χ1) is 10.6. The fourth-order valence-corrected chi connectivity index (χ4v) is 2.59. The zero-order valence-electron chi connectivity index (χ0n) is 12.7. The highest BCUT2D eigenvalue weighted by Gasteiger charge is 2.20. The summed E-state index contributed by atoms with van der Waals surface area (Å²) in [5.41, 5.74) is 0. The van der Waals surface area contributed by atoms with Gasteiger partial charge < -0.3 is 14.2 Å². The molecule has 1 heterocycles. The van der Waals surface area contributed by atoms with Crippen LogP contribution in [-0.4, -0.2) is 41.9 Å². The molecule has 1 aliphatic rings. The summed E-state index contributed by atoms with van der Waals surface area (Å²) in [6.45, 7) is 2.54. The largest absolute Gasteiger partial charge is 0.473 e. The number of hydrogen-bond donors (Lipinski definition) is 0. The van der Waals surface area contributed by atoms with Gasteiger partial charge in [0.25, 0.3) is 0 Å². The van der Waals surface area contributed by atoms with Crippen LogP contribution < -0.4 is 4.74 Å². The summed E-state index contributed by atoms with van der Waals surface area (Å²) in [5, 5.41) is 0.254. The zero-order valence-corrected chi connectivity index (χ0v) is 13.4. The fourth-order valence-electron chi connectivity index (χ4n) is 2.45. The van der Waals surface area contributed by atoms with Gasteiger partial charge in [-0.1, -0.05) is 31.4 Å². The van der Waals surface area contributed by atoms with Crippen LogP contribution in [0.5, 0.6) is 5.88 Å². The van der Waals surface area contributed by atoms with Crippen molar-refractivity contribution in [1.29, 1.82) is 0 Å². The third kappa shape index (κ3) is 6.15. The summed E-state index contributed by atoms with van der Waals surface area (Å²) in [5.74, 6) is 0.594. The number of ether oxygens (including phenoxy) is 3. The molecule has 1 aliphatic carbocycles. The molecular weight excluding hydrogens is 308 g/mol. The van der Waals surface area contributed by atoms with Crippen LogP contribution in [0.25, 0.3) is 0 Å². The lowest BCUT2D eigenvalue weighted by Gasteiger charge is -2.26. The quantitative estimate of drug-likeness (QED) is 0.566. The Morgan fingerprint density at radius 3 is 3.00 bits per heavy atom. The normalized spacial score (nSPS) is 21.4. The minimum Gasteiger partial charge on any atom is -0.473 e. The number of rotatable bonds is 7. The minimum atomic E-state index is -0.376. The molecule has 0 saturated heterocycles. The Morgan fingerprint density at radius 1 is 1.36 bits per heavy atom. The summed E-state index contributed by atoms with van der Waals surface area (Å²) >= 11 is 5.68. The van der Waals surface area contributed by atoms with E-state index in [4.69, 9.17) is 25.8 Å². The van der Waals surface area contributed by atoms with Crippen molar-refractivity contribution in [2.45, 2.75) is 38.7 Å². The van der Waals surface area contributed by atoms with Crippen molar-refractivity contribution in [1.82, 2.24) is 9.97 Å². The van der Waals surface area contributed by atoms with E-state index in [1.807, 2.05) is 0 Å². The van der Waals surface area contributed by atoms with Crippen LogP contribution >= 0.6 is 11.6 Å². The van der Waals surface area contributed by atoms with Crippen molar-refractivity contribution in [3.8, 4) is 5.88 Å². The van der Waals surface area contributed by atoms with Crippen LogP contribution in [-0.2, 0) is 14.3 Å². The van der Waals surface area contributed by atoms with Gasteiger partial charge in [-0.15, -0.1) is 0 Å². The molecule has 6 nitrogen and oxygen atoms in total. The van der Waals surface area contributed by atoms with Crippen LogP contribution in [0.3, 0.4) is 0 Å². The maximum atomic E-state index is 11.6. The maximum Gasteiger partial charge on any atom is 0.332 e. The Bertz CT molecular complexity index is 486. The molecule has 122 valence electrons. The Kier molecular flexibility index (Phi) is 6.86. The summed E-state index contributed by atoms with van der Waals surface area (Å²) in [7, 11) is 0. The van der Waals surface area contributed by atoms with Crippen LogP contribution in [0.15, 0.2) is 12.4 Å². The lowest BCUT2D eigenvalue weighted by atomic mass is 9.89. The third-order valence-corrected chi connectivity index (χ3v) is 3.69. The van der Waals surface area contributed by atoms with Crippen molar-refractivity contribution in [3.63, 3.8) is 0 Å². The van der Waals surface area contributed by atoms with Gasteiger partial charge in [-0.05, 0) is 18.8 Å². The maximum absolute atomic E-state index is 11.6. The molecule has 0 amide bonds. The molecule has 2 atom stereocenters. The van der Waals surface area contributed by atoms with Crippen molar-refractivity contribution < 1.29 is 19.0 Å². The Balaban J connectivity index is 1.56. The van der Waals surface area contributed by atoms with Gasteiger partial charge in [0.15, 0.2) is 5.15 Å². The molecule has 2 rings (SSSR count). The molecule has 1 fully saturated rings. The number of carbonyl (C=O) groups excluding carboxylic acids is 1. The molecule has 0 aromatic carbocycles. The van der Waals surface area contributed by atoms with E-state index in [9.17, 15) is 4.79 Å². The van der Waals surface area contributed by atoms with E-state index < -0.39 is 0 Å². The van der Waals surface area contributed by atoms with Gasteiger partial charge in [-0.25, -0.2) is 4.79 Å².